The highest BCUT2D eigenvalue weighted by atomic mass is 32.2. The lowest BCUT2D eigenvalue weighted by Gasteiger charge is -2.31. The maximum absolute atomic E-state index is 12.8. The molecular weight excluding hydrogens is 350 g/mol. The van der Waals surface area contributed by atoms with Crippen LogP contribution in [-0.2, 0) is 10.0 Å². The molecule has 1 N–H and O–H groups in total. The monoisotopic (exact) mass is 372 g/mol. The quantitative estimate of drug-likeness (QED) is 0.803. The SMILES string of the molecule is N#Cc1ccccc1S(=O)(=O)N1CC[NH+](CCOc2ccccc2)CC1. The third-order valence-electron chi connectivity index (χ3n) is 4.52. The molecule has 1 heterocycles. The van der Waals surface area contributed by atoms with Crippen LogP contribution in [0.3, 0.4) is 0 Å². The minimum absolute atomic E-state index is 0.0957. The Morgan fingerprint density at radius 1 is 1.04 bits per heavy atom. The predicted octanol–water partition coefficient (Wildman–Crippen LogP) is 0.526. The predicted molar refractivity (Wildman–Crippen MR) is 97.4 cm³/mol. The Bertz CT molecular complexity index is 870. The standard InChI is InChI=1S/C19H21N3O3S/c20-16-17-6-4-5-9-19(17)26(23,24)22-12-10-21(11-13-22)14-15-25-18-7-2-1-3-8-18/h1-9H,10-15H2/p+1. The molecule has 0 atom stereocenters. The number of nitrogens with zero attached hydrogens (tertiary/aromatic N) is 2. The molecule has 6 nitrogen and oxygen atoms in total. The Labute approximate surface area is 154 Å². The maximum atomic E-state index is 12.8. The van der Waals surface area contributed by atoms with Gasteiger partial charge in [0.2, 0.25) is 10.0 Å². The van der Waals surface area contributed by atoms with Crippen LogP contribution in [0.25, 0.3) is 0 Å². The molecule has 0 aliphatic carbocycles. The Kier molecular flexibility index (Phi) is 5.89. The van der Waals surface area contributed by atoms with Crippen molar-refractivity contribution in [3.8, 4) is 11.8 Å². The molecule has 7 heteroatoms. The van der Waals surface area contributed by atoms with Crippen molar-refractivity contribution in [1.82, 2.24) is 4.31 Å². The van der Waals surface area contributed by atoms with Crippen molar-refractivity contribution in [2.24, 2.45) is 0 Å². The first-order valence-electron chi connectivity index (χ1n) is 8.62. The zero-order valence-corrected chi connectivity index (χ0v) is 15.3. The van der Waals surface area contributed by atoms with Crippen LogP contribution in [0.4, 0.5) is 0 Å². The van der Waals surface area contributed by atoms with Crippen LogP contribution in [-0.4, -0.2) is 52.1 Å². The summed E-state index contributed by atoms with van der Waals surface area (Å²) in [5, 5.41) is 9.16. The van der Waals surface area contributed by atoms with Gasteiger partial charge in [0.05, 0.1) is 36.6 Å². The number of quaternary nitrogens is 1. The van der Waals surface area contributed by atoms with E-state index < -0.39 is 10.0 Å². The number of para-hydroxylation sites is 1. The van der Waals surface area contributed by atoms with E-state index in [1.54, 1.807) is 12.1 Å². The lowest BCUT2D eigenvalue weighted by molar-refractivity contribution is -0.903. The molecule has 1 aliphatic heterocycles. The van der Waals surface area contributed by atoms with Gasteiger partial charge in [0.25, 0.3) is 0 Å². The molecule has 1 fully saturated rings. The molecule has 0 amide bonds. The van der Waals surface area contributed by atoms with Gasteiger partial charge in [0.15, 0.2) is 0 Å². The maximum Gasteiger partial charge on any atom is 0.244 e. The van der Waals surface area contributed by atoms with Crippen LogP contribution in [0, 0.1) is 11.3 Å². The van der Waals surface area contributed by atoms with Gasteiger partial charge >= 0.3 is 0 Å². The molecule has 2 aromatic carbocycles. The second-order valence-electron chi connectivity index (χ2n) is 6.17. The highest BCUT2D eigenvalue weighted by molar-refractivity contribution is 7.89. The fourth-order valence-electron chi connectivity index (χ4n) is 3.05. The van der Waals surface area contributed by atoms with Crippen LogP contribution in [0.15, 0.2) is 59.5 Å². The van der Waals surface area contributed by atoms with Gasteiger partial charge in [0, 0.05) is 0 Å². The zero-order valence-electron chi connectivity index (χ0n) is 14.5. The molecule has 0 spiro atoms. The van der Waals surface area contributed by atoms with Gasteiger partial charge in [-0.25, -0.2) is 8.42 Å². The van der Waals surface area contributed by atoms with Crippen LogP contribution in [0.1, 0.15) is 5.56 Å². The third-order valence-corrected chi connectivity index (χ3v) is 6.48. The summed E-state index contributed by atoms with van der Waals surface area (Å²) in [4.78, 5) is 1.42. The van der Waals surface area contributed by atoms with Crippen LogP contribution >= 0.6 is 0 Å². The fourth-order valence-corrected chi connectivity index (χ4v) is 4.63. The number of rotatable bonds is 6. The van der Waals surface area contributed by atoms with Gasteiger partial charge in [-0.05, 0) is 24.3 Å². The average molecular weight is 372 g/mol. The van der Waals surface area contributed by atoms with Gasteiger partial charge < -0.3 is 9.64 Å². The van der Waals surface area contributed by atoms with E-state index in [4.69, 9.17) is 10.00 Å². The van der Waals surface area contributed by atoms with E-state index >= 15 is 0 Å². The Hall–Kier alpha value is -2.40. The number of hydrogen-bond acceptors (Lipinski definition) is 4. The third kappa shape index (κ3) is 4.22. The summed E-state index contributed by atoms with van der Waals surface area (Å²) in [7, 11) is -3.63. The second-order valence-corrected chi connectivity index (χ2v) is 8.08. The number of hydrogen-bond donors (Lipinski definition) is 1. The van der Waals surface area contributed by atoms with E-state index in [1.807, 2.05) is 36.4 Å². The van der Waals surface area contributed by atoms with Crippen LogP contribution in [0.5, 0.6) is 5.75 Å². The van der Waals surface area contributed by atoms with Crippen molar-refractivity contribution in [2.75, 3.05) is 39.3 Å². The largest absolute Gasteiger partial charge is 0.488 e. The van der Waals surface area contributed by atoms with Gasteiger partial charge in [0.1, 0.15) is 25.0 Å². The first kappa shape index (κ1) is 18.4. The summed E-state index contributed by atoms with van der Waals surface area (Å²) in [5.41, 5.74) is 0.193. The Morgan fingerprint density at radius 3 is 2.38 bits per heavy atom. The number of nitriles is 1. The van der Waals surface area contributed by atoms with Gasteiger partial charge in [-0.15, -0.1) is 0 Å². The number of benzene rings is 2. The summed E-state index contributed by atoms with van der Waals surface area (Å²) >= 11 is 0. The highest BCUT2D eigenvalue weighted by Gasteiger charge is 2.31. The summed E-state index contributed by atoms with van der Waals surface area (Å²) in [6.07, 6.45) is 0. The molecule has 2 aromatic rings. The molecular formula is C19H22N3O3S+. The van der Waals surface area contributed by atoms with Gasteiger partial charge in [-0.2, -0.15) is 9.57 Å². The van der Waals surface area contributed by atoms with Crippen molar-refractivity contribution in [3.63, 3.8) is 0 Å². The molecule has 3 rings (SSSR count). The Morgan fingerprint density at radius 2 is 1.69 bits per heavy atom. The lowest BCUT2D eigenvalue weighted by atomic mass is 10.2. The number of sulfonamides is 1. The second kappa shape index (κ2) is 8.32. The summed E-state index contributed by atoms with van der Waals surface area (Å²) in [6, 6.07) is 18.0. The average Bonchev–Trinajstić information content (AvgIpc) is 2.69. The molecule has 0 unspecified atom stereocenters. The van der Waals surface area contributed by atoms with Crippen molar-refractivity contribution >= 4 is 10.0 Å². The number of ether oxygens (including phenoxy) is 1. The lowest BCUT2D eigenvalue weighted by Crippen LogP contribution is -3.15. The minimum atomic E-state index is -3.63. The van der Waals surface area contributed by atoms with E-state index in [2.05, 4.69) is 0 Å². The van der Waals surface area contributed by atoms with Crippen LogP contribution < -0.4 is 9.64 Å². The Balaban J connectivity index is 1.54. The molecule has 136 valence electrons. The summed E-state index contributed by atoms with van der Waals surface area (Å²) in [5.74, 6) is 0.848. The van der Waals surface area contributed by atoms with E-state index in [-0.39, 0.29) is 10.5 Å². The van der Waals surface area contributed by atoms with Crippen molar-refractivity contribution in [2.45, 2.75) is 4.90 Å². The fraction of sp³-hybridized carbons (Fsp3) is 0.316. The van der Waals surface area contributed by atoms with E-state index in [0.29, 0.717) is 19.7 Å². The van der Waals surface area contributed by atoms with Crippen molar-refractivity contribution < 1.29 is 18.1 Å². The zero-order chi connectivity index (χ0) is 18.4. The molecule has 1 aliphatic rings. The van der Waals surface area contributed by atoms with E-state index in [9.17, 15) is 8.42 Å². The first-order valence-corrected chi connectivity index (χ1v) is 10.1. The molecule has 0 bridgehead atoms. The topological polar surface area (TPSA) is 74.8 Å². The molecule has 0 saturated carbocycles. The molecule has 26 heavy (non-hydrogen) atoms. The number of piperazine rings is 1. The molecule has 1 saturated heterocycles. The smallest absolute Gasteiger partial charge is 0.244 e. The summed E-state index contributed by atoms with van der Waals surface area (Å²) < 4.78 is 32.8. The van der Waals surface area contributed by atoms with Gasteiger partial charge in [-0.3, -0.25) is 0 Å². The van der Waals surface area contributed by atoms with E-state index in [0.717, 1.165) is 25.4 Å². The summed E-state index contributed by atoms with van der Waals surface area (Å²) in [6.45, 7) is 3.78. The first-order chi connectivity index (χ1) is 12.6. The normalized spacial score (nSPS) is 16.1. The van der Waals surface area contributed by atoms with Crippen molar-refractivity contribution in [3.05, 3.63) is 60.2 Å². The van der Waals surface area contributed by atoms with E-state index in [1.165, 1.54) is 21.3 Å². The number of nitrogens with one attached hydrogen (secondary N) is 1. The highest BCUT2D eigenvalue weighted by Crippen LogP contribution is 2.19. The molecule has 0 radical (unpaired) electrons. The van der Waals surface area contributed by atoms with Crippen molar-refractivity contribution in [1.29, 1.82) is 5.26 Å². The minimum Gasteiger partial charge on any atom is -0.488 e. The molecule has 0 aromatic heterocycles. The van der Waals surface area contributed by atoms with Crippen LogP contribution in [0.2, 0.25) is 0 Å². The van der Waals surface area contributed by atoms with Gasteiger partial charge in [-0.1, -0.05) is 30.3 Å².